The van der Waals surface area contributed by atoms with Gasteiger partial charge in [0.1, 0.15) is 24.6 Å². The molecule has 2 aromatic carbocycles. The predicted octanol–water partition coefficient (Wildman–Crippen LogP) is 3.41. The number of aliphatic hydroxyl groups is 1. The Bertz CT molecular complexity index is 934. The summed E-state index contributed by atoms with van der Waals surface area (Å²) < 4.78 is 20.8. The number of halogens is 1. The van der Waals surface area contributed by atoms with E-state index in [0.717, 1.165) is 27.8 Å². The van der Waals surface area contributed by atoms with Gasteiger partial charge in [0, 0.05) is 38.4 Å². The quantitative estimate of drug-likeness (QED) is 0.709. The summed E-state index contributed by atoms with van der Waals surface area (Å²) in [6, 6.07) is 14.2. The maximum atomic E-state index is 13.2. The molecule has 6 heteroatoms. The summed E-state index contributed by atoms with van der Waals surface area (Å²) in [4.78, 5) is 2.10. The van der Waals surface area contributed by atoms with Crippen molar-refractivity contribution in [1.29, 1.82) is 0 Å². The smallest absolute Gasteiger partial charge is 0.120 e. The lowest BCUT2D eigenvalue weighted by Gasteiger charge is -2.30. The molecule has 1 unspecified atom stereocenters. The fourth-order valence-corrected chi connectivity index (χ4v) is 3.67. The van der Waals surface area contributed by atoms with Gasteiger partial charge in [-0.05, 0) is 47.9 Å². The van der Waals surface area contributed by atoms with Gasteiger partial charge in [0.2, 0.25) is 0 Å². The molecule has 2 heterocycles. The maximum Gasteiger partial charge on any atom is 0.120 e. The van der Waals surface area contributed by atoms with Crippen LogP contribution in [0.15, 0.2) is 48.7 Å². The largest absolute Gasteiger partial charge is 0.491 e. The van der Waals surface area contributed by atoms with Gasteiger partial charge in [-0.3, -0.25) is 4.68 Å². The van der Waals surface area contributed by atoms with E-state index in [9.17, 15) is 9.50 Å². The Morgan fingerprint density at radius 1 is 1.14 bits per heavy atom. The minimum Gasteiger partial charge on any atom is -0.491 e. The molecule has 0 amide bonds. The van der Waals surface area contributed by atoms with E-state index in [2.05, 4.69) is 28.2 Å². The van der Waals surface area contributed by atoms with Crippen LogP contribution in [0.4, 0.5) is 4.39 Å². The fraction of sp³-hybridized carbons (Fsp3) is 0.409. The zero-order valence-electron chi connectivity index (χ0n) is 16.1. The van der Waals surface area contributed by atoms with Crippen molar-refractivity contribution in [2.75, 3.05) is 26.2 Å². The summed E-state index contributed by atoms with van der Waals surface area (Å²) in [5.74, 6) is 0.729. The normalized spacial score (nSPS) is 17.1. The van der Waals surface area contributed by atoms with Crippen LogP contribution in [0.2, 0.25) is 0 Å². The van der Waals surface area contributed by atoms with Crippen molar-refractivity contribution in [2.45, 2.75) is 25.1 Å². The van der Waals surface area contributed by atoms with Gasteiger partial charge in [0.05, 0.1) is 5.69 Å². The molecule has 0 radical (unpaired) electrons. The van der Waals surface area contributed by atoms with Crippen LogP contribution in [-0.4, -0.2) is 58.3 Å². The van der Waals surface area contributed by atoms with Gasteiger partial charge in [-0.1, -0.05) is 18.2 Å². The number of rotatable bonds is 6. The number of nitrogens with zero attached hydrogens (tertiary/aromatic N) is 3. The van der Waals surface area contributed by atoms with Crippen LogP contribution in [0.3, 0.4) is 0 Å². The zero-order chi connectivity index (χ0) is 19.5. The molecule has 0 saturated carbocycles. The number of likely N-dealkylation sites (tertiary alicyclic amines) is 1. The monoisotopic (exact) mass is 383 g/mol. The van der Waals surface area contributed by atoms with E-state index < -0.39 is 12.3 Å². The lowest BCUT2D eigenvalue weighted by atomic mass is 10.0. The molecule has 1 aromatic heterocycles. The van der Waals surface area contributed by atoms with E-state index in [1.807, 2.05) is 37.5 Å². The zero-order valence-corrected chi connectivity index (χ0v) is 16.1. The summed E-state index contributed by atoms with van der Waals surface area (Å²) >= 11 is 0. The van der Waals surface area contributed by atoms with Gasteiger partial charge >= 0.3 is 0 Å². The highest BCUT2D eigenvalue weighted by atomic mass is 19.1. The number of piperidine rings is 1. The van der Waals surface area contributed by atoms with Gasteiger partial charge in [-0.25, -0.2) is 4.39 Å². The van der Waals surface area contributed by atoms with Crippen LogP contribution in [0, 0.1) is 0 Å². The van der Waals surface area contributed by atoms with Gasteiger partial charge in [-0.15, -0.1) is 0 Å². The summed E-state index contributed by atoms with van der Waals surface area (Å²) in [7, 11) is 1.90. The van der Waals surface area contributed by atoms with Gasteiger partial charge < -0.3 is 14.7 Å². The molecule has 0 aliphatic carbocycles. The van der Waals surface area contributed by atoms with E-state index in [1.54, 1.807) is 4.68 Å². The number of fused-ring (bicyclic) bond motifs is 1. The Labute approximate surface area is 164 Å². The Balaban J connectivity index is 1.39. The highest BCUT2D eigenvalue weighted by molar-refractivity contribution is 5.87. The van der Waals surface area contributed by atoms with Crippen LogP contribution in [0.5, 0.6) is 5.75 Å². The Morgan fingerprint density at radius 3 is 2.68 bits per heavy atom. The number of benzene rings is 2. The SMILES string of the molecule is Cn1ccc(-c2ccc3ccc(OCC(O)CN4CCC(F)CC4)cc3c2)n1. The minimum absolute atomic E-state index is 0.223. The van der Waals surface area contributed by atoms with Crippen molar-refractivity contribution in [3.05, 3.63) is 48.7 Å². The number of alkyl halides is 1. The second-order valence-electron chi connectivity index (χ2n) is 7.54. The molecule has 0 spiro atoms. The first-order valence-electron chi connectivity index (χ1n) is 9.78. The number of hydrogen-bond donors (Lipinski definition) is 1. The lowest BCUT2D eigenvalue weighted by molar-refractivity contribution is 0.0508. The number of β-amino-alcohol motifs (C(OH)–C–C–N with tert-alkyl or cyclic N) is 1. The number of aliphatic hydroxyl groups excluding tert-OH is 1. The lowest BCUT2D eigenvalue weighted by Crippen LogP contribution is -2.41. The van der Waals surface area contributed by atoms with Gasteiger partial charge in [-0.2, -0.15) is 5.10 Å². The molecule has 1 aliphatic rings. The molecule has 1 atom stereocenters. The maximum absolute atomic E-state index is 13.2. The molecular weight excluding hydrogens is 357 g/mol. The van der Waals surface area contributed by atoms with E-state index in [-0.39, 0.29) is 6.61 Å². The van der Waals surface area contributed by atoms with Crippen molar-refractivity contribution >= 4 is 10.8 Å². The molecule has 4 rings (SSSR count). The van der Waals surface area contributed by atoms with Crippen LogP contribution in [0.25, 0.3) is 22.0 Å². The van der Waals surface area contributed by atoms with E-state index in [1.165, 1.54) is 0 Å². The molecule has 28 heavy (non-hydrogen) atoms. The Morgan fingerprint density at radius 2 is 1.93 bits per heavy atom. The summed E-state index contributed by atoms with van der Waals surface area (Å²) in [5.41, 5.74) is 1.99. The Kier molecular flexibility index (Phi) is 5.59. The first kappa shape index (κ1) is 18.9. The van der Waals surface area contributed by atoms with E-state index in [4.69, 9.17) is 4.74 Å². The van der Waals surface area contributed by atoms with Gasteiger partial charge in [0.15, 0.2) is 0 Å². The van der Waals surface area contributed by atoms with Crippen molar-refractivity contribution in [2.24, 2.45) is 7.05 Å². The Hall–Kier alpha value is -2.44. The van der Waals surface area contributed by atoms with Crippen molar-refractivity contribution in [3.8, 4) is 17.0 Å². The number of hydrogen-bond acceptors (Lipinski definition) is 4. The first-order valence-corrected chi connectivity index (χ1v) is 9.78. The minimum atomic E-state index is -0.696. The molecule has 1 saturated heterocycles. The molecule has 148 valence electrons. The summed E-state index contributed by atoms with van der Waals surface area (Å²) in [6.45, 7) is 2.14. The number of aryl methyl sites for hydroxylation is 1. The third kappa shape index (κ3) is 4.51. The standard InChI is InChI=1S/C22H26FN3O2/c1-25-9-8-22(24-25)17-3-2-16-4-5-21(13-18(16)12-17)28-15-20(27)14-26-10-6-19(23)7-11-26/h2-5,8-9,12-13,19-20,27H,6-7,10-11,14-15H2,1H3. The highest BCUT2D eigenvalue weighted by Gasteiger charge is 2.20. The molecule has 1 fully saturated rings. The van der Waals surface area contributed by atoms with E-state index >= 15 is 0 Å². The second-order valence-corrected chi connectivity index (χ2v) is 7.54. The fourth-order valence-electron chi connectivity index (χ4n) is 3.67. The highest BCUT2D eigenvalue weighted by Crippen LogP contribution is 2.26. The number of aromatic nitrogens is 2. The number of ether oxygens (including phenoxy) is 1. The molecule has 5 nitrogen and oxygen atoms in total. The van der Waals surface area contributed by atoms with Crippen molar-refractivity contribution < 1.29 is 14.2 Å². The predicted molar refractivity (Wildman–Crippen MR) is 108 cm³/mol. The van der Waals surface area contributed by atoms with Crippen LogP contribution >= 0.6 is 0 Å². The first-order chi connectivity index (χ1) is 13.6. The molecular formula is C22H26FN3O2. The third-order valence-corrected chi connectivity index (χ3v) is 5.25. The molecule has 1 aliphatic heterocycles. The van der Waals surface area contributed by atoms with Gasteiger partial charge in [0.25, 0.3) is 0 Å². The molecule has 3 aromatic rings. The average molecular weight is 383 g/mol. The molecule has 1 N–H and O–H groups in total. The average Bonchev–Trinajstić information content (AvgIpc) is 3.14. The summed E-state index contributed by atoms with van der Waals surface area (Å²) in [5, 5.41) is 16.9. The van der Waals surface area contributed by atoms with Crippen molar-refractivity contribution in [1.82, 2.24) is 14.7 Å². The van der Waals surface area contributed by atoms with Crippen molar-refractivity contribution in [3.63, 3.8) is 0 Å². The molecule has 0 bridgehead atoms. The van der Waals surface area contributed by atoms with Crippen LogP contribution < -0.4 is 4.74 Å². The topological polar surface area (TPSA) is 50.5 Å². The third-order valence-electron chi connectivity index (χ3n) is 5.25. The van der Waals surface area contributed by atoms with Crippen LogP contribution in [0.1, 0.15) is 12.8 Å². The van der Waals surface area contributed by atoms with E-state index in [0.29, 0.717) is 32.5 Å². The van der Waals surface area contributed by atoms with Crippen LogP contribution in [-0.2, 0) is 7.05 Å². The summed E-state index contributed by atoms with van der Waals surface area (Å²) in [6.07, 6.45) is 1.74. The second kappa shape index (κ2) is 8.29.